The number of nitrogens with zero attached hydrogens (tertiary/aromatic N) is 3. The van der Waals surface area contributed by atoms with Gasteiger partial charge < -0.3 is 9.84 Å². The summed E-state index contributed by atoms with van der Waals surface area (Å²) in [6.07, 6.45) is -11.3. The number of aromatic nitrogens is 3. The highest BCUT2D eigenvalue weighted by Crippen LogP contribution is 2.47. The molecule has 1 unspecified atom stereocenters. The average Bonchev–Trinajstić information content (AvgIpc) is 3.32. The van der Waals surface area contributed by atoms with Crippen molar-refractivity contribution in [3.05, 3.63) is 58.3 Å². The minimum atomic E-state index is -5.86. The third kappa shape index (κ3) is 5.36. The Morgan fingerprint density at radius 3 is 2.40 bits per heavy atom. The first kappa shape index (κ1) is 26.7. The van der Waals surface area contributed by atoms with Crippen LogP contribution in [0.5, 0.6) is 0 Å². The normalized spacial score (nSPS) is 14.3. The fraction of sp³-hybridized carbons (Fsp3) is 0.333. The summed E-state index contributed by atoms with van der Waals surface area (Å²) in [6, 6.07) is 5.72. The van der Waals surface area contributed by atoms with Gasteiger partial charge >= 0.3 is 12.4 Å². The van der Waals surface area contributed by atoms with Gasteiger partial charge in [-0.15, -0.1) is 0 Å². The second-order valence-corrected chi connectivity index (χ2v) is 8.25. The Morgan fingerprint density at radius 1 is 1.17 bits per heavy atom. The number of halogens is 8. The number of rotatable bonds is 7. The summed E-state index contributed by atoms with van der Waals surface area (Å²) in [5.74, 6) is -4.87. The lowest BCUT2D eigenvalue weighted by atomic mass is 10.0. The molecular weight excluding hydrogens is 507 g/mol. The summed E-state index contributed by atoms with van der Waals surface area (Å²) in [4.78, 5) is 0. The number of benzene rings is 1. The van der Waals surface area contributed by atoms with E-state index in [1.165, 1.54) is 12.1 Å². The molecule has 0 saturated carbocycles. The second kappa shape index (κ2) is 9.28. The van der Waals surface area contributed by atoms with Gasteiger partial charge in [0.25, 0.3) is 5.79 Å². The molecule has 0 radical (unpaired) electrons. The Bertz CT molecular complexity index is 1240. The third-order valence-corrected chi connectivity index (χ3v) is 5.28. The van der Waals surface area contributed by atoms with Crippen molar-refractivity contribution in [1.29, 1.82) is 0 Å². The monoisotopic (exact) mass is 525 g/mol. The summed E-state index contributed by atoms with van der Waals surface area (Å²) < 4.78 is 101. The van der Waals surface area contributed by atoms with Crippen molar-refractivity contribution in [1.82, 2.24) is 20.3 Å². The molecule has 190 valence electrons. The van der Waals surface area contributed by atoms with Gasteiger partial charge in [0.05, 0.1) is 0 Å². The number of aryl methyl sites for hydroxylation is 1. The summed E-state index contributed by atoms with van der Waals surface area (Å²) in [6.45, 7) is 6.46. The van der Waals surface area contributed by atoms with E-state index >= 15 is 0 Å². The van der Waals surface area contributed by atoms with Gasteiger partial charge in [-0.2, -0.15) is 31.4 Å². The van der Waals surface area contributed by atoms with Crippen molar-refractivity contribution in [2.45, 2.75) is 31.6 Å². The summed E-state index contributed by atoms with van der Waals surface area (Å²) >= 11 is 6.19. The van der Waals surface area contributed by atoms with Crippen LogP contribution in [-0.2, 0) is 25.6 Å². The first-order valence-electron chi connectivity index (χ1n) is 9.84. The maximum absolute atomic E-state index is 14.3. The van der Waals surface area contributed by atoms with Crippen molar-refractivity contribution < 1.29 is 35.3 Å². The molecule has 1 atom stereocenters. The van der Waals surface area contributed by atoms with Crippen LogP contribution in [0, 0.1) is 0 Å². The zero-order chi connectivity index (χ0) is 26.3. The van der Waals surface area contributed by atoms with Gasteiger partial charge in [-0.1, -0.05) is 28.9 Å². The van der Waals surface area contributed by atoms with Crippen LogP contribution < -0.4 is 11.1 Å². The lowest BCUT2D eigenvalue weighted by molar-refractivity contribution is -0.237. The molecule has 0 saturated heterocycles. The van der Waals surface area contributed by atoms with E-state index in [4.69, 9.17) is 16.1 Å². The highest BCUT2D eigenvalue weighted by molar-refractivity contribution is 6.31. The smallest absolute Gasteiger partial charge is 0.356 e. The highest BCUT2D eigenvalue weighted by Gasteiger charge is 2.60. The van der Waals surface area contributed by atoms with Crippen LogP contribution in [0.1, 0.15) is 23.7 Å². The molecule has 2 aromatic heterocycles. The van der Waals surface area contributed by atoms with Gasteiger partial charge in [-0.3, -0.25) is 10.4 Å². The fourth-order valence-corrected chi connectivity index (χ4v) is 3.46. The zero-order valence-electron chi connectivity index (χ0n) is 18.3. The molecule has 0 spiro atoms. The van der Waals surface area contributed by atoms with Crippen LogP contribution in [0.3, 0.4) is 0 Å². The summed E-state index contributed by atoms with van der Waals surface area (Å²) in [7, 11) is 0.905. The second-order valence-electron chi connectivity index (χ2n) is 7.85. The number of hydrogen-bond acceptors (Lipinski definition) is 5. The van der Waals surface area contributed by atoms with Crippen LogP contribution in [0.25, 0.3) is 22.7 Å². The van der Waals surface area contributed by atoms with E-state index in [2.05, 4.69) is 27.9 Å². The topological polar surface area (TPSA) is 81.9 Å². The fourth-order valence-electron chi connectivity index (χ4n) is 3.27. The largest absolute Gasteiger partial charge is 0.442 e. The molecule has 1 aromatic carbocycles. The van der Waals surface area contributed by atoms with Crippen LogP contribution in [-0.4, -0.2) is 27.7 Å². The van der Waals surface area contributed by atoms with Crippen LogP contribution in [0.15, 0.2) is 40.9 Å². The maximum atomic E-state index is 14.3. The van der Waals surface area contributed by atoms with Gasteiger partial charge in [0.15, 0.2) is 5.76 Å². The lowest BCUT2D eigenvalue weighted by Crippen LogP contribution is -2.47. The Balaban J connectivity index is 2.07. The van der Waals surface area contributed by atoms with E-state index in [1.54, 1.807) is 6.07 Å². The number of nitrogens with one attached hydrogen (secondary N) is 1. The molecule has 0 bridgehead atoms. The predicted octanol–water partition coefficient (Wildman–Crippen LogP) is 5.72. The molecular formula is C21H19ClF7N5O. The van der Waals surface area contributed by atoms with Crippen molar-refractivity contribution >= 4 is 11.6 Å². The van der Waals surface area contributed by atoms with Gasteiger partial charge in [0.2, 0.25) is 0 Å². The van der Waals surface area contributed by atoms with E-state index in [0.717, 1.165) is 18.7 Å². The SMILES string of the molecule is C=C(C)CNCc1cc(-c2cc(-c3c(C(F)(F)F)c(C(N)(F)C(F)(F)F)nn3C)no2)ccc1Cl. The van der Waals surface area contributed by atoms with E-state index < -0.39 is 40.8 Å². The minimum absolute atomic E-state index is 0.0104. The first-order chi connectivity index (χ1) is 16.0. The van der Waals surface area contributed by atoms with Crippen LogP contribution in [0.2, 0.25) is 5.02 Å². The zero-order valence-corrected chi connectivity index (χ0v) is 19.0. The van der Waals surface area contributed by atoms with E-state index in [0.29, 0.717) is 33.9 Å². The molecule has 2 heterocycles. The quantitative estimate of drug-likeness (QED) is 0.234. The summed E-state index contributed by atoms with van der Waals surface area (Å²) in [5, 5.41) is 10.2. The average molecular weight is 526 g/mol. The molecule has 0 aliphatic carbocycles. The molecule has 35 heavy (non-hydrogen) atoms. The molecule has 3 aromatic rings. The number of alkyl halides is 7. The Hall–Kier alpha value is -2.90. The van der Waals surface area contributed by atoms with Crippen LogP contribution in [0.4, 0.5) is 30.7 Å². The molecule has 0 amide bonds. The van der Waals surface area contributed by atoms with Crippen molar-refractivity contribution in [2.24, 2.45) is 12.8 Å². The highest BCUT2D eigenvalue weighted by atomic mass is 35.5. The van der Waals surface area contributed by atoms with Gasteiger partial charge in [-0.05, 0) is 30.7 Å². The van der Waals surface area contributed by atoms with Crippen molar-refractivity contribution in [3.63, 3.8) is 0 Å². The molecule has 6 nitrogen and oxygen atoms in total. The Morgan fingerprint density at radius 2 is 1.83 bits per heavy atom. The first-order valence-corrected chi connectivity index (χ1v) is 10.2. The van der Waals surface area contributed by atoms with Crippen LogP contribution >= 0.6 is 11.6 Å². The number of hydrogen-bond donors (Lipinski definition) is 2. The molecule has 3 N–H and O–H groups in total. The molecule has 3 rings (SSSR count). The molecule has 0 aliphatic heterocycles. The van der Waals surface area contributed by atoms with E-state index in [9.17, 15) is 30.7 Å². The van der Waals surface area contributed by atoms with Gasteiger partial charge in [0, 0.05) is 36.8 Å². The molecule has 0 aliphatic rings. The summed E-state index contributed by atoms with van der Waals surface area (Å²) in [5.41, 5.74) is 1.01. The lowest BCUT2D eigenvalue weighted by Gasteiger charge is -2.23. The predicted molar refractivity (Wildman–Crippen MR) is 114 cm³/mol. The van der Waals surface area contributed by atoms with Gasteiger partial charge in [0.1, 0.15) is 22.6 Å². The molecule has 14 heteroatoms. The third-order valence-electron chi connectivity index (χ3n) is 4.91. The Labute approximate surface area is 199 Å². The van der Waals surface area contributed by atoms with Gasteiger partial charge in [-0.25, -0.2) is 4.39 Å². The standard InChI is InChI=1S/C21H19ClF7N5O/c1-10(2)8-31-9-12-6-11(4-5-13(12)22)15-7-14(33-35-15)17-16(20(24,25)26)18(32-34(17)3)19(23,30)21(27,28)29/h4-7,31H,1,8-9,30H2,2-3H3. The van der Waals surface area contributed by atoms with Crippen molar-refractivity contribution in [3.8, 4) is 22.7 Å². The maximum Gasteiger partial charge on any atom is 0.442 e. The number of nitrogens with two attached hydrogens (primary N) is 1. The minimum Gasteiger partial charge on any atom is -0.356 e. The Kier molecular flexibility index (Phi) is 7.08. The molecule has 0 fully saturated rings. The van der Waals surface area contributed by atoms with E-state index in [-0.39, 0.29) is 5.76 Å². The van der Waals surface area contributed by atoms with E-state index in [1.807, 2.05) is 6.92 Å². The van der Waals surface area contributed by atoms with Crippen molar-refractivity contribution in [2.75, 3.05) is 6.54 Å².